The fourth-order valence-corrected chi connectivity index (χ4v) is 3.55. The van der Waals surface area contributed by atoms with E-state index in [-0.39, 0.29) is 5.91 Å². The average molecular weight is 415 g/mol. The lowest BCUT2D eigenvalue weighted by molar-refractivity contribution is -0.121. The van der Waals surface area contributed by atoms with Gasteiger partial charge in [-0.25, -0.2) is 9.97 Å². The highest BCUT2D eigenvalue weighted by Gasteiger charge is 2.14. The van der Waals surface area contributed by atoms with Gasteiger partial charge in [0, 0.05) is 31.3 Å². The second-order valence-electron chi connectivity index (χ2n) is 7.22. The van der Waals surface area contributed by atoms with Gasteiger partial charge in [0.25, 0.3) is 0 Å². The summed E-state index contributed by atoms with van der Waals surface area (Å²) in [4.78, 5) is 21.6. The molecule has 2 heterocycles. The molecule has 0 radical (unpaired) electrons. The summed E-state index contributed by atoms with van der Waals surface area (Å²) >= 11 is 0. The molecule has 1 N–H and O–H groups in total. The third-order valence-corrected chi connectivity index (χ3v) is 5.05. The minimum Gasteiger partial charge on any atom is -0.494 e. The van der Waals surface area contributed by atoms with Crippen LogP contribution in [-0.4, -0.2) is 33.6 Å². The Bertz CT molecular complexity index is 1140. The van der Waals surface area contributed by atoms with Gasteiger partial charge in [0.15, 0.2) is 5.65 Å². The zero-order chi connectivity index (χ0) is 21.5. The highest BCUT2D eigenvalue weighted by molar-refractivity contribution is 5.77. The summed E-state index contributed by atoms with van der Waals surface area (Å²) < 4.78 is 7.49. The lowest BCUT2D eigenvalue weighted by atomic mass is 10.1. The maximum Gasteiger partial charge on any atom is 0.220 e. The van der Waals surface area contributed by atoms with Gasteiger partial charge in [-0.1, -0.05) is 30.3 Å². The molecule has 6 nitrogen and oxygen atoms in total. The van der Waals surface area contributed by atoms with Gasteiger partial charge in [-0.2, -0.15) is 0 Å². The van der Waals surface area contributed by atoms with Gasteiger partial charge in [0.1, 0.15) is 17.1 Å². The Morgan fingerprint density at radius 3 is 2.58 bits per heavy atom. The summed E-state index contributed by atoms with van der Waals surface area (Å²) in [5, 5.41) is 3.01. The fourth-order valence-electron chi connectivity index (χ4n) is 3.55. The average Bonchev–Trinajstić information content (AvgIpc) is 3.18. The van der Waals surface area contributed by atoms with Gasteiger partial charge in [-0.05, 0) is 55.3 Å². The zero-order valence-corrected chi connectivity index (χ0v) is 17.6. The summed E-state index contributed by atoms with van der Waals surface area (Å²) in [5.41, 5.74) is 3.80. The molecular weight excluding hydrogens is 388 g/mol. The summed E-state index contributed by atoms with van der Waals surface area (Å²) in [7, 11) is 0. The number of para-hydroxylation sites is 1. The van der Waals surface area contributed by atoms with Crippen LogP contribution in [0, 0.1) is 0 Å². The van der Waals surface area contributed by atoms with E-state index in [2.05, 4.69) is 10.3 Å². The van der Waals surface area contributed by atoms with Crippen molar-refractivity contribution in [2.24, 2.45) is 0 Å². The summed E-state index contributed by atoms with van der Waals surface area (Å²) in [6, 6.07) is 21.8. The Balaban J connectivity index is 1.36. The molecule has 1 amide bonds. The third-order valence-electron chi connectivity index (χ3n) is 5.05. The number of hydrogen-bond acceptors (Lipinski definition) is 4. The van der Waals surface area contributed by atoms with E-state index < -0.39 is 0 Å². The van der Waals surface area contributed by atoms with Gasteiger partial charge < -0.3 is 10.1 Å². The molecular formula is C25H26N4O2. The molecule has 0 saturated carbocycles. The van der Waals surface area contributed by atoms with Gasteiger partial charge in [0.05, 0.1) is 6.61 Å². The van der Waals surface area contributed by atoms with Gasteiger partial charge in [-0.15, -0.1) is 0 Å². The molecule has 0 aliphatic rings. The second-order valence-corrected chi connectivity index (χ2v) is 7.22. The summed E-state index contributed by atoms with van der Waals surface area (Å²) in [6.45, 7) is 3.22. The SMILES string of the molecule is CCOc1ccc(CCNC(=O)CCc2nc3cccnc3n2-c2ccccc2)cc1. The Labute approximate surface area is 181 Å². The van der Waals surface area contributed by atoms with Crippen LogP contribution in [0.15, 0.2) is 72.9 Å². The number of carbonyl (C=O) groups excluding carboxylic acids is 1. The third kappa shape index (κ3) is 5.09. The molecule has 158 valence electrons. The summed E-state index contributed by atoms with van der Waals surface area (Å²) in [6.07, 6.45) is 3.46. The molecule has 0 aliphatic carbocycles. The number of carbonyl (C=O) groups is 1. The van der Waals surface area contributed by atoms with E-state index in [1.165, 1.54) is 5.56 Å². The number of nitrogens with zero attached hydrogens (tertiary/aromatic N) is 3. The number of imidazole rings is 1. The molecule has 0 unspecified atom stereocenters. The quantitative estimate of drug-likeness (QED) is 0.447. The molecule has 2 aromatic carbocycles. The van der Waals surface area contributed by atoms with E-state index in [1.54, 1.807) is 6.20 Å². The number of benzene rings is 2. The number of aromatic nitrogens is 3. The first-order valence-corrected chi connectivity index (χ1v) is 10.6. The number of hydrogen-bond donors (Lipinski definition) is 1. The van der Waals surface area contributed by atoms with Gasteiger partial charge >= 0.3 is 0 Å². The lowest BCUT2D eigenvalue weighted by Crippen LogP contribution is -2.26. The highest BCUT2D eigenvalue weighted by atomic mass is 16.5. The molecule has 0 fully saturated rings. The van der Waals surface area contributed by atoms with E-state index in [9.17, 15) is 4.79 Å². The van der Waals surface area contributed by atoms with Crippen molar-refractivity contribution < 1.29 is 9.53 Å². The first-order valence-electron chi connectivity index (χ1n) is 10.6. The van der Waals surface area contributed by atoms with Crippen molar-refractivity contribution in [2.75, 3.05) is 13.2 Å². The van der Waals surface area contributed by atoms with Crippen LogP contribution in [0.4, 0.5) is 0 Å². The van der Waals surface area contributed by atoms with Crippen molar-refractivity contribution in [1.29, 1.82) is 0 Å². The Kier molecular flexibility index (Phi) is 6.57. The van der Waals surface area contributed by atoms with Crippen LogP contribution in [0.25, 0.3) is 16.9 Å². The van der Waals surface area contributed by atoms with Gasteiger partial charge in [-0.3, -0.25) is 9.36 Å². The monoisotopic (exact) mass is 414 g/mol. The predicted octanol–water partition coefficient (Wildman–Crippen LogP) is 4.11. The fraction of sp³-hybridized carbons (Fsp3) is 0.240. The number of aryl methyl sites for hydroxylation is 1. The van der Waals surface area contributed by atoms with Crippen LogP contribution >= 0.6 is 0 Å². The van der Waals surface area contributed by atoms with Crippen molar-refractivity contribution >= 4 is 17.1 Å². The van der Waals surface area contributed by atoms with Gasteiger partial charge in [0.2, 0.25) is 5.91 Å². The molecule has 2 aromatic heterocycles. The van der Waals surface area contributed by atoms with Crippen LogP contribution in [0.2, 0.25) is 0 Å². The second kappa shape index (κ2) is 9.89. The number of rotatable bonds is 9. The molecule has 6 heteroatoms. The molecule has 4 aromatic rings. The van der Waals surface area contributed by atoms with E-state index in [4.69, 9.17) is 9.72 Å². The minimum atomic E-state index is 0.0190. The van der Waals surface area contributed by atoms with E-state index >= 15 is 0 Å². The molecule has 31 heavy (non-hydrogen) atoms. The Morgan fingerprint density at radius 2 is 1.81 bits per heavy atom. The van der Waals surface area contributed by atoms with Crippen molar-refractivity contribution in [3.8, 4) is 11.4 Å². The standard InChI is InChI=1S/C25H26N4O2/c1-2-31-21-12-10-19(11-13-21)16-18-26-24(30)15-14-23-28-22-9-6-17-27-25(22)29(23)20-7-4-3-5-8-20/h3-13,17H,2,14-16,18H2,1H3,(H,26,30). The summed E-state index contributed by atoms with van der Waals surface area (Å²) in [5.74, 6) is 1.72. The molecule has 0 spiro atoms. The molecule has 4 rings (SSSR count). The van der Waals surface area contributed by atoms with Crippen molar-refractivity contribution in [3.63, 3.8) is 0 Å². The number of amides is 1. The maximum atomic E-state index is 12.4. The minimum absolute atomic E-state index is 0.0190. The van der Waals surface area contributed by atoms with Crippen LogP contribution in [0.1, 0.15) is 24.7 Å². The first kappa shape index (κ1) is 20.6. The van der Waals surface area contributed by atoms with Crippen LogP contribution in [-0.2, 0) is 17.6 Å². The number of pyridine rings is 1. The van der Waals surface area contributed by atoms with E-state index in [1.807, 2.05) is 78.2 Å². The van der Waals surface area contributed by atoms with Crippen LogP contribution < -0.4 is 10.1 Å². The van der Waals surface area contributed by atoms with Crippen LogP contribution in [0.5, 0.6) is 5.75 Å². The first-order chi connectivity index (χ1) is 15.2. The highest BCUT2D eigenvalue weighted by Crippen LogP contribution is 2.20. The van der Waals surface area contributed by atoms with Crippen molar-refractivity contribution in [2.45, 2.75) is 26.2 Å². The molecule has 0 aliphatic heterocycles. The Hall–Kier alpha value is -3.67. The zero-order valence-electron chi connectivity index (χ0n) is 17.6. The van der Waals surface area contributed by atoms with Crippen molar-refractivity contribution in [1.82, 2.24) is 19.9 Å². The Morgan fingerprint density at radius 1 is 1.00 bits per heavy atom. The number of fused-ring (bicyclic) bond motifs is 1. The van der Waals surface area contributed by atoms with E-state index in [0.717, 1.165) is 34.8 Å². The molecule has 0 saturated heterocycles. The number of ether oxygens (including phenoxy) is 1. The topological polar surface area (TPSA) is 69.0 Å². The number of nitrogens with one attached hydrogen (secondary N) is 1. The van der Waals surface area contributed by atoms with E-state index in [0.29, 0.717) is 26.0 Å². The molecule has 0 atom stereocenters. The molecule has 0 bridgehead atoms. The predicted molar refractivity (Wildman–Crippen MR) is 122 cm³/mol. The smallest absolute Gasteiger partial charge is 0.220 e. The largest absolute Gasteiger partial charge is 0.494 e. The normalized spacial score (nSPS) is 10.9. The van der Waals surface area contributed by atoms with Crippen molar-refractivity contribution in [3.05, 3.63) is 84.3 Å². The maximum absolute atomic E-state index is 12.4. The van der Waals surface area contributed by atoms with Crippen LogP contribution in [0.3, 0.4) is 0 Å². The lowest BCUT2D eigenvalue weighted by Gasteiger charge is -2.09.